The van der Waals surface area contributed by atoms with Crippen molar-refractivity contribution < 1.29 is 23.0 Å². The third-order valence-electron chi connectivity index (χ3n) is 4.17. The first kappa shape index (κ1) is 20.7. The molecule has 0 fully saturated rings. The van der Waals surface area contributed by atoms with E-state index >= 15 is 0 Å². The third kappa shape index (κ3) is 3.76. The van der Waals surface area contributed by atoms with Crippen molar-refractivity contribution in [2.45, 2.75) is 5.66 Å². The van der Waals surface area contributed by atoms with Crippen molar-refractivity contribution in [2.75, 3.05) is 11.6 Å². The van der Waals surface area contributed by atoms with Crippen molar-refractivity contribution in [3.05, 3.63) is 76.8 Å². The first-order valence-electron chi connectivity index (χ1n) is 8.01. The highest BCUT2D eigenvalue weighted by molar-refractivity contribution is 7.58. The lowest BCUT2D eigenvalue weighted by molar-refractivity contribution is -0.117. The molecule has 28 heavy (non-hydrogen) atoms. The number of thiophene rings is 1. The fourth-order valence-corrected chi connectivity index (χ4v) is 5.48. The number of carbonyl (C=O) groups is 1. The Morgan fingerprint density at radius 1 is 1.32 bits per heavy atom. The Balaban J connectivity index is 2.19. The van der Waals surface area contributed by atoms with Crippen LogP contribution in [0.4, 0.5) is 14.5 Å². The van der Waals surface area contributed by atoms with Crippen LogP contribution in [0.2, 0.25) is 5.02 Å². The molecule has 0 radical (unpaired) electrons. The molecule has 4 nitrogen and oxygen atoms in total. The summed E-state index contributed by atoms with van der Waals surface area (Å²) >= 11 is 7.31. The molecule has 3 aromatic rings. The highest BCUT2D eigenvalue weighted by Gasteiger charge is 2.40. The van der Waals surface area contributed by atoms with Crippen molar-refractivity contribution in [1.82, 2.24) is 0 Å². The molecule has 1 N–H and O–H groups in total. The van der Waals surface area contributed by atoms with E-state index in [4.69, 9.17) is 11.6 Å². The van der Waals surface area contributed by atoms with E-state index in [1.807, 2.05) is 0 Å². The van der Waals surface area contributed by atoms with E-state index < -0.39 is 36.3 Å². The van der Waals surface area contributed by atoms with Crippen LogP contribution in [0.3, 0.4) is 0 Å². The number of anilines is 1. The van der Waals surface area contributed by atoms with Crippen LogP contribution in [0.15, 0.2) is 54.6 Å². The summed E-state index contributed by atoms with van der Waals surface area (Å²) in [5.41, 5.74) is -1.93. The van der Waals surface area contributed by atoms with Gasteiger partial charge in [-0.15, -0.1) is 11.3 Å². The fraction of sp³-hybridized carbons (Fsp3) is 0.105. The molecule has 1 amide bonds. The lowest BCUT2D eigenvalue weighted by Crippen LogP contribution is -2.32. The number of halogens is 3. The van der Waals surface area contributed by atoms with Gasteiger partial charge < -0.3 is 4.89 Å². The quantitative estimate of drug-likeness (QED) is 0.498. The van der Waals surface area contributed by atoms with Crippen LogP contribution >= 0.6 is 30.3 Å². The van der Waals surface area contributed by atoms with Gasteiger partial charge in [0.2, 0.25) is 13.3 Å². The monoisotopic (exact) mass is 441 g/mol. The van der Waals surface area contributed by atoms with Crippen LogP contribution in [0, 0.1) is 11.6 Å². The van der Waals surface area contributed by atoms with Gasteiger partial charge in [-0.05, 0) is 46.7 Å². The number of hydrogen-bond donors (Lipinski definition) is 1. The van der Waals surface area contributed by atoms with Gasteiger partial charge in [-0.2, -0.15) is 0 Å². The molecule has 9 heteroatoms. The van der Waals surface area contributed by atoms with Crippen molar-refractivity contribution in [3.8, 4) is 0 Å². The van der Waals surface area contributed by atoms with Crippen LogP contribution in [-0.2, 0) is 9.36 Å². The van der Waals surface area contributed by atoms with Gasteiger partial charge in [0.1, 0.15) is 23.0 Å². The zero-order chi connectivity index (χ0) is 20.6. The summed E-state index contributed by atoms with van der Waals surface area (Å²) in [7, 11) is -4.08. The Bertz CT molecular complexity index is 1110. The third-order valence-corrected chi connectivity index (χ3v) is 6.85. The summed E-state index contributed by atoms with van der Waals surface area (Å²) < 4.78 is 41.9. The van der Waals surface area contributed by atoms with E-state index in [0.717, 1.165) is 35.8 Å². The second-order valence-electron chi connectivity index (χ2n) is 6.14. The Hall–Kier alpha value is -2.05. The smallest absolute Gasteiger partial charge is 0.248 e. The van der Waals surface area contributed by atoms with E-state index in [1.54, 1.807) is 23.6 Å². The van der Waals surface area contributed by atoms with Crippen LogP contribution in [0.1, 0.15) is 11.2 Å². The predicted molar refractivity (Wildman–Crippen MR) is 109 cm³/mol. The number of rotatable bonds is 5. The van der Waals surface area contributed by atoms with Crippen molar-refractivity contribution >= 4 is 52.0 Å². The van der Waals surface area contributed by atoms with Gasteiger partial charge in [0.25, 0.3) is 0 Å². The molecule has 2 aromatic carbocycles. The van der Waals surface area contributed by atoms with E-state index in [0.29, 0.717) is 15.3 Å². The second-order valence-corrected chi connectivity index (χ2v) is 9.89. The lowest BCUT2D eigenvalue weighted by Gasteiger charge is -2.26. The number of hydrogen-bond acceptors (Lipinski definition) is 3. The SMILES string of the molecule is C=CN(C(=O)C(c1csc2ccc(Cl)cc12)P(C)(=O)O)c1c(F)cccc1F. The summed E-state index contributed by atoms with van der Waals surface area (Å²) in [5, 5.41) is 2.50. The fourth-order valence-electron chi connectivity index (χ4n) is 2.97. The Labute approximate surface area is 169 Å². The molecule has 0 bridgehead atoms. The molecule has 2 unspecified atom stereocenters. The van der Waals surface area contributed by atoms with E-state index in [9.17, 15) is 23.0 Å². The average Bonchev–Trinajstić information content (AvgIpc) is 2.99. The summed E-state index contributed by atoms with van der Waals surface area (Å²) in [6.07, 6.45) is 0.925. The van der Waals surface area contributed by atoms with Gasteiger partial charge >= 0.3 is 0 Å². The zero-order valence-electron chi connectivity index (χ0n) is 14.6. The minimum absolute atomic E-state index is 0.268. The second kappa shape index (κ2) is 7.76. The van der Waals surface area contributed by atoms with Gasteiger partial charge in [0, 0.05) is 22.6 Å². The Morgan fingerprint density at radius 2 is 1.96 bits per heavy atom. The molecule has 0 spiro atoms. The number of nitrogens with zero attached hydrogens (tertiary/aromatic N) is 1. The molecule has 0 aliphatic rings. The Morgan fingerprint density at radius 3 is 2.54 bits per heavy atom. The van der Waals surface area contributed by atoms with Crippen LogP contribution in [-0.4, -0.2) is 17.5 Å². The molecule has 0 aliphatic heterocycles. The first-order chi connectivity index (χ1) is 13.1. The van der Waals surface area contributed by atoms with Crippen LogP contribution in [0.5, 0.6) is 0 Å². The maximum Gasteiger partial charge on any atom is 0.248 e. The molecule has 2 atom stereocenters. The number of amides is 1. The molecular formula is C19H15ClF2NO3PS. The van der Waals surface area contributed by atoms with Crippen LogP contribution < -0.4 is 4.90 Å². The highest BCUT2D eigenvalue weighted by Crippen LogP contribution is 2.56. The van der Waals surface area contributed by atoms with Crippen LogP contribution in [0.25, 0.3) is 10.1 Å². The average molecular weight is 442 g/mol. The number of para-hydroxylation sites is 1. The maximum atomic E-state index is 14.2. The number of fused-ring (bicyclic) bond motifs is 1. The van der Waals surface area contributed by atoms with Crippen molar-refractivity contribution in [1.29, 1.82) is 0 Å². The molecule has 0 aliphatic carbocycles. The van der Waals surface area contributed by atoms with Gasteiger partial charge in [-0.1, -0.05) is 24.2 Å². The van der Waals surface area contributed by atoms with Crippen molar-refractivity contribution in [3.63, 3.8) is 0 Å². The molecule has 146 valence electrons. The van der Waals surface area contributed by atoms with E-state index in [-0.39, 0.29) is 5.56 Å². The van der Waals surface area contributed by atoms with Gasteiger partial charge in [-0.3, -0.25) is 14.3 Å². The number of benzene rings is 2. The molecule has 0 saturated heterocycles. The van der Waals surface area contributed by atoms with E-state index in [2.05, 4.69) is 6.58 Å². The standard InChI is InChI=1S/C19H15ClF2NO3PS/c1-3-23(17-14(21)5-4-6-15(17)22)19(24)18(27(2,25)26)13-10-28-16-8-7-11(20)9-12(13)16/h3-10,18H,1H2,2H3,(H,25,26). The summed E-state index contributed by atoms with van der Waals surface area (Å²) in [5.74, 6) is -2.95. The van der Waals surface area contributed by atoms with Gasteiger partial charge in [-0.25, -0.2) is 8.78 Å². The maximum absolute atomic E-state index is 14.2. The molecular weight excluding hydrogens is 427 g/mol. The summed E-state index contributed by atoms with van der Waals surface area (Å²) in [4.78, 5) is 24.2. The normalized spacial score (nSPS) is 14.5. The predicted octanol–water partition coefficient (Wildman–Crippen LogP) is 5.95. The minimum atomic E-state index is -4.08. The highest BCUT2D eigenvalue weighted by atomic mass is 35.5. The summed E-state index contributed by atoms with van der Waals surface area (Å²) in [6, 6.07) is 8.11. The summed E-state index contributed by atoms with van der Waals surface area (Å²) in [6.45, 7) is 4.48. The largest absolute Gasteiger partial charge is 0.344 e. The zero-order valence-corrected chi connectivity index (χ0v) is 17.1. The van der Waals surface area contributed by atoms with Gasteiger partial charge in [0.05, 0.1) is 0 Å². The topological polar surface area (TPSA) is 57.6 Å². The molecule has 1 aromatic heterocycles. The molecule has 1 heterocycles. The van der Waals surface area contributed by atoms with E-state index in [1.165, 1.54) is 11.3 Å². The van der Waals surface area contributed by atoms with Crippen molar-refractivity contribution in [2.24, 2.45) is 0 Å². The molecule has 3 rings (SSSR count). The first-order valence-corrected chi connectivity index (χ1v) is 11.4. The minimum Gasteiger partial charge on any atom is -0.344 e. The lowest BCUT2D eigenvalue weighted by atomic mass is 10.1. The van der Waals surface area contributed by atoms with Gasteiger partial charge in [0.15, 0.2) is 0 Å². The Kier molecular flexibility index (Phi) is 5.73. The number of carbonyl (C=O) groups excluding carboxylic acids is 1. The molecule has 0 saturated carbocycles.